The van der Waals surface area contributed by atoms with Gasteiger partial charge in [-0.3, -0.25) is 9.69 Å². The summed E-state index contributed by atoms with van der Waals surface area (Å²) in [6, 6.07) is 0.451. The first-order valence-electron chi connectivity index (χ1n) is 6.03. The van der Waals surface area contributed by atoms with E-state index in [-0.39, 0.29) is 5.91 Å². The van der Waals surface area contributed by atoms with Gasteiger partial charge in [0.2, 0.25) is 5.91 Å². The molecule has 0 aromatic carbocycles. The fraction of sp³-hybridized carbons (Fsp3) is 0.909. The highest BCUT2D eigenvalue weighted by atomic mass is 16.1. The van der Waals surface area contributed by atoms with E-state index in [0.29, 0.717) is 18.6 Å². The number of amides is 1. The van der Waals surface area contributed by atoms with E-state index in [4.69, 9.17) is 0 Å². The first-order chi connectivity index (χ1) is 7.27. The van der Waals surface area contributed by atoms with Gasteiger partial charge in [-0.05, 0) is 32.7 Å². The van der Waals surface area contributed by atoms with Gasteiger partial charge in [0.05, 0.1) is 6.17 Å². The van der Waals surface area contributed by atoms with Crippen LogP contribution >= 0.6 is 0 Å². The quantitative estimate of drug-likeness (QED) is 0.655. The van der Waals surface area contributed by atoms with Crippen molar-refractivity contribution in [3.05, 3.63) is 0 Å². The molecule has 0 aliphatic carbocycles. The summed E-state index contributed by atoms with van der Waals surface area (Å²) < 4.78 is 0. The Bertz CT molecular complexity index is 226. The van der Waals surface area contributed by atoms with Gasteiger partial charge in [0.15, 0.2) is 0 Å². The minimum absolute atomic E-state index is 0.195. The number of piperidine rings is 1. The fourth-order valence-electron chi connectivity index (χ4n) is 2.50. The standard InChI is InChI=1S/C11H21N3O/c1-9-8-13-11(15)5-7-14(9)10-4-2-3-6-12-10/h9-10,12H,2-8H2,1H3,(H,13,15). The summed E-state index contributed by atoms with van der Waals surface area (Å²) in [7, 11) is 0. The zero-order valence-corrected chi connectivity index (χ0v) is 9.46. The molecule has 1 amide bonds. The third-order valence-corrected chi connectivity index (χ3v) is 3.44. The second kappa shape index (κ2) is 4.94. The van der Waals surface area contributed by atoms with E-state index < -0.39 is 0 Å². The molecule has 0 aromatic heterocycles. The van der Waals surface area contributed by atoms with E-state index in [1.165, 1.54) is 19.3 Å². The predicted octanol–water partition coefficient (Wildman–Crippen LogP) is 0.296. The molecule has 2 unspecified atom stereocenters. The summed E-state index contributed by atoms with van der Waals surface area (Å²) in [6.45, 7) is 5.00. The molecule has 86 valence electrons. The van der Waals surface area contributed by atoms with Crippen molar-refractivity contribution in [2.75, 3.05) is 19.6 Å². The molecule has 0 saturated carbocycles. The summed E-state index contributed by atoms with van der Waals surface area (Å²) in [6.07, 6.45) is 4.95. The molecule has 2 aliphatic heterocycles. The molecule has 2 fully saturated rings. The van der Waals surface area contributed by atoms with Gasteiger partial charge in [-0.1, -0.05) is 0 Å². The Morgan fingerprint density at radius 1 is 1.40 bits per heavy atom. The molecular weight excluding hydrogens is 190 g/mol. The largest absolute Gasteiger partial charge is 0.355 e. The molecule has 0 spiro atoms. The Morgan fingerprint density at radius 2 is 2.27 bits per heavy atom. The van der Waals surface area contributed by atoms with Gasteiger partial charge in [0, 0.05) is 25.6 Å². The molecule has 0 aromatic rings. The van der Waals surface area contributed by atoms with Crippen molar-refractivity contribution >= 4 is 5.91 Å². The number of hydrogen-bond donors (Lipinski definition) is 2. The molecule has 0 bridgehead atoms. The molecule has 4 nitrogen and oxygen atoms in total. The molecular formula is C11H21N3O. The van der Waals surface area contributed by atoms with Gasteiger partial charge in [0.25, 0.3) is 0 Å². The summed E-state index contributed by atoms with van der Waals surface area (Å²) >= 11 is 0. The van der Waals surface area contributed by atoms with Crippen LogP contribution in [0.25, 0.3) is 0 Å². The average molecular weight is 211 g/mol. The Morgan fingerprint density at radius 3 is 3.00 bits per heavy atom. The zero-order valence-electron chi connectivity index (χ0n) is 9.46. The fourth-order valence-corrected chi connectivity index (χ4v) is 2.50. The lowest BCUT2D eigenvalue weighted by Crippen LogP contribution is -2.53. The molecule has 15 heavy (non-hydrogen) atoms. The van der Waals surface area contributed by atoms with Gasteiger partial charge >= 0.3 is 0 Å². The van der Waals surface area contributed by atoms with E-state index in [1.54, 1.807) is 0 Å². The normalized spacial score (nSPS) is 34.6. The van der Waals surface area contributed by atoms with Crippen LogP contribution in [-0.4, -0.2) is 42.6 Å². The Labute approximate surface area is 91.4 Å². The SMILES string of the molecule is CC1CNC(=O)CCN1C1CCCCN1. The second-order valence-corrected chi connectivity index (χ2v) is 4.61. The lowest BCUT2D eigenvalue weighted by molar-refractivity contribution is -0.120. The first kappa shape index (κ1) is 10.9. The van der Waals surface area contributed by atoms with Crippen LogP contribution in [-0.2, 0) is 4.79 Å². The number of nitrogens with zero attached hydrogens (tertiary/aromatic N) is 1. The van der Waals surface area contributed by atoms with E-state index in [9.17, 15) is 4.79 Å². The van der Waals surface area contributed by atoms with Crippen LogP contribution in [0, 0.1) is 0 Å². The summed E-state index contributed by atoms with van der Waals surface area (Å²) in [5.41, 5.74) is 0. The smallest absolute Gasteiger partial charge is 0.221 e. The van der Waals surface area contributed by atoms with E-state index in [2.05, 4.69) is 22.5 Å². The van der Waals surface area contributed by atoms with E-state index in [1.807, 2.05) is 0 Å². The molecule has 2 atom stereocenters. The lowest BCUT2D eigenvalue weighted by Gasteiger charge is -2.37. The minimum atomic E-state index is 0.195. The maximum atomic E-state index is 11.3. The van der Waals surface area contributed by atoms with Crippen LogP contribution in [0.15, 0.2) is 0 Å². The van der Waals surface area contributed by atoms with Gasteiger partial charge in [-0.25, -0.2) is 0 Å². The highest BCUT2D eigenvalue weighted by Crippen LogP contribution is 2.15. The molecule has 2 aliphatic rings. The van der Waals surface area contributed by atoms with Crippen molar-refractivity contribution in [1.82, 2.24) is 15.5 Å². The third-order valence-electron chi connectivity index (χ3n) is 3.44. The summed E-state index contributed by atoms with van der Waals surface area (Å²) in [5, 5.41) is 6.50. The highest BCUT2D eigenvalue weighted by Gasteiger charge is 2.27. The van der Waals surface area contributed by atoms with E-state index >= 15 is 0 Å². The van der Waals surface area contributed by atoms with Crippen LogP contribution in [0.3, 0.4) is 0 Å². The van der Waals surface area contributed by atoms with Gasteiger partial charge in [-0.15, -0.1) is 0 Å². The van der Waals surface area contributed by atoms with Crippen molar-refractivity contribution in [2.24, 2.45) is 0 Å². The van der Waals surface area contributed by atoms with Crippen LogP contribution in [0.5, 0.6) is 0 Å². The van der Waals surface area contributed by atoms with Crippen molar-refractivity contribution in [3.8, 4) is 0 Å². The Hall–Kier alpha value is -0.610. The van der Waals surface area contributed by atoms with Crippen molar-refractivity contribution < 1.29 is 4.79 Å². The van der Waals surface area contributed by atoms with Crippen LogP contribution in [0.4, 0.5) is 0 Å². The first-order valence-corrected chi connectivity index (χ1v) is 6.03. The Kier molecular flexibility index (Phi) is 3.59. The molecule has 2 N–H and O–H groups in total. The number of carbonyl (C=O) groups is 1. The Balaban J connectivity index is 1.95. The van der Waals surface area contributed by atoms with Crippen molar-refractivity contribution in [1.29, 1.82) is 0 Å². The minimum Gasteiger partial charge on any atom is -0.355 e. The summed E-state index contributed by atoms with van der Waals surface area (Å²) in [4.78, 5) is 13.7. The molecule has 0 radical (unpaired) electrons. The zero-order chi connectivity index (χ0) is 10.7. The average Bonchev–Trinajstić information content (AvgIpc) is 2.43. The third kappa shape index (κ3) is 2.69. The molecule has 2 saturated heterocycles. The van der Waals surface area contributed by atoms with E-state index in [0.717, 1.165) is 19.6 Å². The topological polar surface area (TPSA) is 44.4 Å². The van der Waals surface area contributed by atoms with Gasteiger partial charge in [0.1, 0.15) is 0 Å². The van der Waals surface area contributed by atoms with Crippen molar-refractivity contribution in [2.45, 2.75) is 44.8 Å². The number of rotatable bonds is 1. The number of hydrogen-bond acceptors (Lipinski definition) is 3. The molecule has 2 rings (SSSR count). The van der Waals surface area contributed by atoms with Gasteiger partial charge < -0.3 is 10.6 Å². The maximum Gasteiger partial charge on any atom is 0.221 e. The lowest BCUT2D eigenvalue weighted by atomic mass is 10.1. The van der Waals surface area contributed by atoms with Crippen LogP contribution < -0.4 is 10.6 Å². The predicted molar refractivity (Wildman–Crippen MR) is 59.4 cm³/mol. The van der Waals surface area contributed by atoms with Crippen LogP contribution in [0.1, 0.15) is 32.6 Å². The highest BCUT2D eigenvalue weighted by molar-refractivity contribution is 5.76. The number of carbonyl (C=O) groups excluding carboxylic acids is 1. The van der Waals surface area contributed by atoms with Crippen molar-refractivity contribution in [3.63, 3.8) is 0 Å². The summed E-state index contributed by atoms with van der Waals surface area (Å²) in [5.74, 6) is 0.195. The monoisotopic (exact) mass is 211 g/mol. The maximum absolute atomic E-state index is 11.3. The van der Waals surface area contributed by atoms with Gasteiger partial charge in [-0.2, -0.15) is 0 Å². The second-order valence-electron chi connectivity index (χ2n) is 4.61. The molecule has 2 heterocycles. The molecule has 4 heteroatoms. The van der Waals surface area contributed by atoms with Crippen LogP contribution in [0.2, 0.25) is 0 Å². The number of nitrogens with one attached hydrogen (secondary N) is 2.